The van der Waals surface area contributed by atoms with Crippen molar-refractivity contribution in [3.05, 3.63) is 29.8 Å². The van der Waals surface area contributed by atoms with Gasteiger partial charge in [0.1, 0.15) is 11.8 Å². The second kappa shape index (κ2) is 5.92. The number of para-hydroxylation sites is 1. The number of amides is 2. The highest BCUT2D eigenvalue weighted by Gasteiger charge is 2.34. The van der Waals surface area contributed by atoms with Crippen molar-refractivity contribution in [2.75, 3.05) is 33.7 Å². The lowest BCUT2D eigenvalue weighted by Gasteiger charge is -2.36. The molecule has 0 aromatic heterocycles. The Labute approximate surface area is 118 Å². The summed E-state index contributed by atoms with van der Waals surface area (Å²) in [6, 6.07) is 5.85. The number of likely N-dealkylation sites (N-methyl/N-ethyl adjacent to an activating group) is 1. The molecule has 0 aliphatic carbocycles. The van der Waals surface area contributed by atoms with Gasteiger partial charge in [0.05, 0.1) is 5.56 Å². The molecule has 0 saturated carbocycles. The number of rotatable bonds is 2. The van der Waals surface area contributed by atoms with Crippen LogP contribution in [0, 0.1) is 0 Å². The smallest absolute Gasteiger partial charge is 0.258 e. The number of aromatic hydroxyl groups is 1. The van der Waals surface area contributed by atoms with Gasteiger partial charge in [-0.2, -0.15) is 0 Å². The van der Waals surface area contributed by atoms with E-state index in [1.807, 2.05) is 0 Å². The normalized spacial score (nSPS) is 18.7. The Morgan fingerprint density at radius 3 is 2.70 bits per heavy atom. The molecular formula is C14H19N3O3. The fourth-order valence-electron chi connectivity index (χ4n) is 2.28. The van der Waals surface area contributed by atoms with E-state index in [2.05, 4.69) is 5.32 Å². The summed E-state index contributed by atoms with van der Waals surface area (Å²) in [7, 11) is 3.33. The number of benzene rings is 1. The van der Waals surface area contributed by atoms with Gasteiger partial charge >= 0.3 is 0 Å². The molecule has 20 heavy (non-hydrogen) atoms. The SMILES string of the molecule is CN(C)C(=O)C1CNCCN1C(=O)c1ccccc1O. The van der Waals surface area contributed by atoms with Crippen LogP contribution in [0.1, 0.15) is 10.4 Å². The van der Waals surface area contributed by atoms with E-state index in [1.165, 1.54) is 15.9 Å². The van der Waals surface area contributed by atoms with Gasteiger partial charge in [0.2, 0.25) is 5.91 Å². The zero-order chi connectivity index (χ0) is 14.7. The third-order valence-electron chi connectivity index (χ3n) is 3.36. The molecule has 0 radical (unpaired) electrons. The minimum absolute atomic E-state index is 0.0629. The van der Waals surface area contributed by atoms with Gasteiger partial charge in [-0.05, 0) is 12.1 Å². The molecule has 2 rings (SSSR count). The molecule has 1 aromatic rings. The number of carbonyl (C=O) groups excluding carboxylic acids is 2. The van der Waals surface area contributed by atoms with Crippen LogP contribution in [0.5, 0.6) is 5.75 Å². The number of nitrogens with zero attached hydrogens (tertiary/aromatic N) is 2. The van der Waals surface area contributed by atoms with E-state index in [0.29, 0.717) is 19.6 Å². The number of hydrogen-bond acceptors (Lipinski definition) is 4. The number of phenols is 1. The standard InChI is InChI=1S/C14H19N3O3/c1-16(2)14(20)11-9-15-7-8-17(11)13(19)10-5-3-4-6-12(10)18/h3-6,11,15,18H,7-9H2,1-2H3. The maximum atomic E-state index is 12.5. The third-order valence-corrected chi connectivity index (χ3v) is 3.36. The molecule has 0 spiro atoms. The minimum atomic E-state index is -0.536. The van der Waals surface area contributed by atoms with Gasteiger partial charge in [0.15, 0.2) is 0 Å². The highest BCUT2D eigenvalue weighted by atomic mass is 16.3. The van der Waals surface area contributed by atoms with Crippen LogP contribution in [0.25, 0.3) is 0 Å². The van der Waals surface area contributed by atoms with Gasteiger partial charge in [-0.1, -0.05) is 12.1 Å². The molecule has 1 atom stereocenters. The van der Waals surface area contributed by atoms with E-state index in [1.54, 1.807) is 32.3 Å². The second-order valence-corrected chi connectivity index (χ2v) is 4.97. The Morgan fingerprint density at radius 2 is 2.05 bits per heavy atom. The Kier molecular flexibility index (Phi) is 4.24. The van der Waals surface area contributed by atoms with E-state index >= 15 is 0 Å². The number of nitrogens with one attached hydrogen (secondary N) is 1. The monoisotopic (exact) mass is 277 g/mol. The average molecular weight is 277 g/mol. The predicted octanol–water partition coefficient (Wildman–Crippen LogP) is -0.106. The van der Waals surface area contributed by atoms with Crippen molar-refractivity contribution in [1.29, 1.82) is 0 Å². The van der Waals surface area contributed by atoms with Gasteiger partial charge in [0.25, 0.3) is 5.91 Å². The van der Waals surface area contributed by atoms with Crippen molar-refractivity contribution in [3.63, 3.8) is 0 Å². The van der Waals surface area contributed by atoms with Gasteiger partial charge in [0, 0.05) is 33.7 Å². The highest BCUT2D eigenvalue weighted by Crippen LogP contribution is 2.20. The van der Waals surface area contributed by atoms with Crippen molar-refractivity contribution < 1.29 is 14.7 Å². The van der Waals surface area contributed by atoms with Crippen molar-refractivity contribution >= 4 is 11.8 Å². The van der Waals surface area contributed by atoms with Gasteiger partial charge in [-0.15, -0.1) is 0 Å². The first kappa shape index (κ1) is 14.3. The molecule has 1 fully saturated rings. The summed E-state index contributed by atoms with van der Waals surface area (Å²) >= 11 is 0. The molecule has 6 heteroatoms. The molecule has 2 N–H and O–H groups in total. The predicted molar refractivity (Wildman–Crippen MR) is 74.5 cm³/mol. The number of phenolic OH excluding ortho intramolecular Hbond substituents is 1. The van der Waals surface area contributed by atoms with E-state index in [9.17, 15) is 14.7 Å². The van der Waals surface area contributed by atoms with Crippen LogP contribution in [-0.2, 0) is 4.79 Å². The van der Waals surface area contributed by atoms with Crippen LogP contribution in [0.4, 0.5) is 0 Å². The van der Waals surface area contributed by atoms with Crippen LogP contribution >= 0.6 is 0 Å². The van der Waals surface area contributed by atoms with Crippen molar-refractivity contribution in [1.82, 2.24) is 15.1 Å². The molecule has 1 heterocycles. The summed E-state index contributed by atoms with van der Waals surface area (Å²) in [5.41, 5.74) is 0.228. The zero-order valence-corrected chi connectivity index (χ0v) is 11.7. The summed E-state index contributed by atoms with van der Waals surface area (Å²) < 4.78 is 0. The lowest BCUT2D eigenvalue weighted by molar-refractivity contribution is -0.134. The summed E-state index contributed by atoms with van der Waals surface area (Å²) in [6.45, 7) is 1.50. The summed E-state index contributed by atoms with van der Waals surface area (Å²) in [6.07, 6.45) is 0. The Balaban J connectivity index is 2.26. The first-order valence-electron chi connectivity index (χ1n) is 6.53. The Bertz CT molecular complexity index is 516. The summed E-state index contributed by atoms with van der Waals surface area (Å²) in [4.78, 5) is 27.7. The molecule has 2 amide bonds. The molecule has 6 nitrogen and oxygen atoms in total. The number of piperazine rings is 1. The molecular weight excluding hydrogens is 258 g/mol. The molecule has 1 unspecified atom stereocenters. The highest BCUT2D eigenvalue weighted by molar-refractivity contribution is 5.99. The zero-order valence-electron chi connectivity index (χ0n) is 11.7. The lowest BCUT2D eigenvalue weighted by Crippen LogP contribution is -2.59. The molecule has 1 aliphatic rings. The fourth-order valence-corrected chi connectivity index (χ4v) is 2.28. The van der Waals surface area contributed by atoms with Crippen molar-refractivity contribution in [3.8, 4) is 5.75 Å². The van der Waals surface area contributed by atoms with Gasteiger partial charge in [-0.3, -0.25) is 9.59 Å². The maximum Gasteiger partial charge on any atom is 0.258 e. The number of hydrogen-bond donors (Lipinski definition) is 2. The Morgan fingerprint density at radius 1 is 1.35 bits per heavy atom. The maximum absolute atomic E-state index is 12.5. The summed E-state index contributed by atoms with van der Waals surface area (Å²) in [5, 5.41) is 12.9. The van der Waals surface area contributed by atoms with E-state index < -0.39 is 6.04 Å². The minimum Gasteiger partial charge on any atom is -0.507 e. The van der Waals surface area contributed by atoms with Crippen LogP contribution in [-0.4, -0.2) is 66.5 Å². The largest absolute Gasteiger partial charge is 0.507 e. The molecule has 0 bridgehead atoms. The van der Waals surface area contributed by atoms with Crippen molar-refractivity contribution in [2.45, 2.75) is 6.04 Å². The molecule has 1 aliphatic heterocycles. The van der Waals surface area contributed by atoms with Crippen LogP contribution in [0.2, 0.25) is 0 Å². The van der Waals surface area contributed by atoms with E-state index in [4.69, 9.17) is 0 Å². The van der Waals surface area contributed by atoms with E-state index in [-0.39, 0.29) is 23.1 Å². The average Bonchev–Trinajstić information content (AvgIpc) is 2.46. The van der Waals surface area contributed by atoms with E-state index in [0.717, 1.165) is 0 Å². The fraction of sp³-hybridized carbons (Fsp3) is 0.429. The lowest BCUT2D eigenvalue weighted by atomic mass is 10.1. The molecule has 1 aromatic carbocycles. The molecule has 1 saturated heterocycles. The van der Waals surface area contributed by atoms with Gasteiger partial charge < -0.3 is 20.2 Å². The number of carbonyl (C=O) groups is 2. The third kappa shape index (κ3) is 2.75. The Hall–Kier alpha value is -2.08. The van der Waals surface area contributed by atoms with Crippen LogP contribution < -0.4 is 5.32 Å². The van der Waals surface area contributed by atoms with Crippen LogP contribution in [0.3, 0.4) is 0 Å². The second-order valence-electron chi connectivity index (χ2n) is 4.97. The van der Waals surface area contributed by atoms with Crippen LogP contribution in [0.15, 0.2) is 24.3 Å². The quantitative estimate of drug-likeness (QED) is 0.791. The molecule has 108 valence electrons. The summed E-state index contributed by atoms with van der Waals surface area (Å²) in [5.74, 6) is -0.502. The van der Waals surface area contributed by atoms with Crippen molar-refractivity contribution in [2.24, 2.45) is 0 Å². The topological polar surface area (TPSA) is 72.9 Å². The first-order chi connectivity index (χ1) is 9.52. The van der Waals surface area contributed by atoms with Gasteiger partial charge in [-0.25, -0.2) is 0 Å². The first-order valence-corrected chi connectivity index (χ1v) is 6.53.